The molecule has 2 heterocycles. The maximum absolute atomic E-state index is 11.9. The van der Waals surface area contributed by atoms with Crippen molar-refractivity contribution in [2.75, 3.05) is 158 Å². The maximum Gasteiger partial charge on any atom is 0.193 e. The lowest BCUT2D eigenvalue weighted by molar-refractivity contribution is 0.0383. The van der Waals surface area contributed by atoms with Crippen molar-refractivity contribution < 1.29 is 67.9 Å². The Hall–Kier alpha value is -5.06. The molecule has 18 nitrogen and oxygen atoms in total. The van der Waals surface area contributed by atoms with E-state index in [1.54, 1.807) is 48.5 Å². The van der Waals surface area contributed by atoms with Crippen LogP contribution in [0.3, 0.4) is 0 Å². The first kappa shape index (κ1) is 57.3. The van der Waals surface area contributed by atoms with Crippen molar-refractivity contribution in [1.29, 1.82) is 0 Å². The number of nitrogens with one attached hydrogen (secondary N) is 4. The van der Waals surface area contributed by atoms with Gasteiger partial charge < -0.3 is 79.6 Å². The zero-order chi connectivity index (χ0) is 48.5. The molecule has 4 aromatic carbocycles. The SMILES string of the molecule is C1COCCOCCNCCOCCOCCN1.C1COCCOCCNCCOCCOCCN1.O=C(c1ccc(O)cc1)c1ccc(O)cc1.O=C(c1ccc(O)cc1)c1ccc(O)cc1. The maximum atomic E-state index is 11.9. The van der Waals surface area contributed by atoms with Crippen molar-refractivity contribution in [3.8, 4) is 23.0 Å². The molecule has 0 amide bonds. The average molecular weight is 953 g/mol. The van der Waals surface area contributed by atoms with Gasteiger partial charge in [0.15, 0.2) is 11.6 Å². The van der Waals surface area contributed by atoms with E-state index in [2.05, 4.69) is 21.3 Å². The Balaban J connectivity index is 0.000000240. The molecule has 68 heavy (non-hydrogen) atoms. The quantitative estimate of drug-likeness (QED) is 0.137. The van der Waals surface area contributed by atoms with E-state index >= 15 is 0 Å². The van der Waals surface area contributed by atoms with E-state index < -0.39 is 0 Å². The highest BCUT2D eigenvalue weighted by Gasteiger charge is 2.10. The summed E-state index contributed by atoms with van der Waals surface area (Å²) in [6.45, 7) is 17.7. The van der Waals surface area contributed by atoms with Crippen LogP contribution in [0.4, 0.5) is 0 Å². The molecule has 0 aromatic heterocycles. The summed E-state index contributed by atoms with van der Waals surface area (Å²) in [6, 6.07) is 24.2. The number of carbonyl (C=O) groups excluding carboxylic acids is 2. The largest absolute Gasteiger partial charge is 0.508 e. The first-order chi connectivity index (χ1) is 33.3. The van der Waals surface area contributed by atoms with Crippen LogP contribution in [-0.4, -0.2) is 190 Å². The summed E-state index contributed by atoms with van der Waals surface area (Å²) in [5.41, 5.74) is 2.01. The Kier molecular flexibility index (Phi) is 32.7. The molecule has 2 saturated heterocycles. The molecular formula is C50H72N4O14. The molecule has 8 N–H and O–H groups in total. The van der Waals surface area contributed by atoms with Crippen molar-refractivity contribution in [1.82, 2.24) is 21.3 Å². The highest BCUT2D eigenvalue weighted by Crippen LogP contribution is 2.18. The molecule has 0 bridgehead atoms. The number of ketones is 2. The van der Waals surface area contributed by atoms with Crippen LogP contribution in [0.5, 0.6) is 23.0 Å². The molecule has 0 spiro atoms. The molecule has 376 valence electrons. The van der Waals surface area contributed by atoms with Gasteiger partial charge in [-0.1, -0.05) is 0 Å². The molecule has 2 aliphatic rings. The third-order valence-corrected chi connectivity index (χ3v) is 9.39. The number of hydrogen-bond donors (Lipinski definition) is 8. The summed E-state index contributed by atoms with van der Waals surface area (Å²) < 4.78 is 43.3. The summed E-state index contributed by atoms with van der Waals surface area (Å²) in [5.74, 6) is 0.231. The molecule has 0 unspecified atom stereocenters. The number of benzene rings is 4. The van der Waals surface area contributed by atoms with Crippen molar-refractivity contribution in [2.45, 2.75) is 0 Å². The summed E-state index contributed by atoms with van der Waals surface area (Å²) in [4.78, 5) is 23.8. The first-order valence-corrected chi connectivity index (χ1v) is 23.0. The second-order valence-corrected chi connectivity index (χ2v) is 14.7. The lowest BCUT2D eigenvalue weighted by Crippen LogP contribution is -2.27. The van der Waals surface area contributed by atoms with Crippen LogP contribution < -0.4 is 21.3 Å². The average Bonchev–Trinajstić information content (AvgIpc) is 3.35. The van der Waals surface area contributed by atoms with Crippen LogP contribution >= 0.6 is 0 Å². The van der Waals surface area contributed by atoms with E-state index in [4.69, 9.17) is 58.3 Å². The van der Waals surface area contributed by atoms with Gasteiger partial charge in [-0.15, -0.1) is 0 Å². The molecule has 2 aliphatic heterocycles. The second kappa shape index (κ2) is 38.9. The monoisotopic (exact) mass is 953 g/mol. The number of ether oxygens (including phenoxy) is 8. The van der Waals surface area contributed by atoms with Crippen molar-refractivity contribution in [2.24, 2.45) is 0 Å². The Bertz CT molecular complexity index is 1460. The van der Waals surface area contributed by atoms with Gasteiger partial charge in [0.1, 0.15) is 23.0 Å². The van der Waals surface area contributed by atoms with Gasteiger partial charge in [-0.05, 0) is 97.1 Å². The molecule has 4 aromatic rings. The fourth-order valence-corrected chi connectivity index (χ4v) is 5.73. The van der Waals surface area contributed by atoms with E-state index in [9.17, 15) is 9.59 Å². The molecule has 18 heteroatoms. The van der Waals surface area contributed by atoms with Gasteiger partial charge in [0.25, 0.3) is 0 Å². The highest BCUT2D eigenvalue weighted by atomic mass is 16.5. The van der Waals surface area contributed by atoms with Gasteiger partial charge in [0, 0.05) is 74.6 Å². The minimum absolute atomic E-state index is 0.127. The normalized spacial score (nSPS) is 17.4. The van der Waals surface area contributed by atoms with Gasteiger partial charge in [-0.3, -0.25) is 9.59 Å². The molecule has 6 rings (SSSR count). The smallest absolute Gasteiger partial charge is 0.193 e. The highest BCUT2D eigenvalue weighted by molar-refractivity contribution is 6.09. The zero-order valence-corrected chi connectivity index (χ0v) is 39.1. The first-order valence-electron chi connectivity index (χ1n) is 23.0. The summed E-state index contributed by atoms with van der Waals surface area (Å²) >= 11 is 0. The van der Waals surface area contributed by atoms with E-state index in [0.29, 0.717) is 128 Å². The second-order valence-electron chi connectivity index (χ2n) is 14.7. The van der Waals surface area contributed by atoms with Gasteiger partial charge in [0.05, 0.1) is 106 Å². The fourth-order valence-electron chi connectivity index (χ4n) is 5.73. The topological polar surface area (TPSA) is 237 Å². The van der Waals surface area contributed by atoms with Crippen molar-refractivity contribution >= 4 is 11.6 Å². The van der Waals surface area contributed by atoms with Crippen LogP contribution in [0.2, 0.25) is 0 Å². The summed E-state index contributed by atoms with van der Waals surface area (Å²) in [7, 11) is 0. The van der Waals surface area contributed by atoms with Gasteiger partial charge in [0.2, 0.25) is 0 Å². The molecular weight excluding hydrogens is 881 g/mol. The number of aromatic hydroxyl groups is 4. The van der Waals surface area contributed by atoms with E-state index in [1.165, 1.54) is 48.5 Å². The van der Waals surface area contributed by atoms with E-state index in [0.717, 1.165) is 52.4 Å². The van der Waals surface area contributed by atoms with Crippen molar-refractivity contribution in [3.63, 3.8) is 0 Å². The molecule has 2 fully saturated rings. The van der Waals surface area contributed by atoms with Gasteiger partial charge in [-0.25, -0.2) is 0 Å². The number of phenolic OH excluding ortho intramolecular Hbond substituents is 4. The van der Waals surface area contributed by atoms with Crippen molar-refractivity contribution in [3.05, 3.63) is 119 Å². The number of rotatable bonds is 4. The van der Waals surface area contributed by atoms with Crippen LogP contribution in [0.15, 0.2) is 97.1 Å². The van der Waals surface area contributed by atoms with E-state index in [-0.39, 0.29) is 34.6 Å². The lowest BCUT2D eigenvalue weighted by Gasteiger charge is -2.10. The number of carbonyl (C=O) groups is 2. The minimum Gasteiger partial charge on any atom is -0.508 e. The summed E-state index contributed by atoms with van der Waals surface area (Å²) in [6.07, 6.45) is 0. The Morgan fingerprint density at radius 1 is 0.265 bits per heavy atom. The fraction of sp³-hybridized carbons (Fsp3) is 0.480. The van der Waals surface area contributed by atoms with Crippen LogP contribution in [0.1, 0.15) is 31.8 Å². The standard InChI is InChI=1S/2C13H10O3.2C12H26N2O4/c2*14-11-5-1-9(2-6-11)13(16)10-3-7-12(15)8-4-10;2*1-5-15-9-10-17-7-3-14-4-8-18-12-11-16-6-2-13-1/h2*1-8,14-15H;2*13-14H,1-12H2. The van der Waals surface area contributed by atoms with Crippen LogP contribution in [0, 0.1) is 0 Å². The minimum atomic E-state index is -0.139. The third kappa shape index (κ3) is 29.0. The Labute approximate surface area is 400 Å². The number of phenols is 4. The summed E-state index contributed by atoms with van der Waals surface area (Å²) in [5, 5.41) is 49.4. The molecule has 0 saturated carbocycles. The third-order valence-electron chi connectivity index (χ3n) is 9.39. The Morgan fingerprint density at radius 2 is 0.412 bits per heavy atom. The van der Waals surface area contributed by atoms with Crippen LogP contribution in [-0.2, 0) is 37.9 Å². The molecule has 0 atom stereocenters. The Morgan fingerprint density at radius 3 is 0.559 bits per heavy atom. The lowest BCUT2D eigenvalue weighted by atomic mass is 10.0. The zero-order valence-electron chi connectivity index (χ0n) is 39.1. The predicted octanol–water partition coefficient (Wildman–Crippen LogP) is 3.15. The van der Waals surface area contributed by atoms with Gasteiger partial charge >= 0.3 is 0 Å². The van der Waals surface area contributed by atoms with E-state index in [1.807, 2.05) is 0 Å². The van der Waals surface area contributed by atoms with Crippen LogP contribution in [0.25, 0.3) is 0 Å². The molecule has 0 radical (unpaired) electrons. The molecule has 0 aliphatic carbocycles. The predicted molar refractivity (Wildman–Crippen MR) is 257 cm³/mol. The number of hydrogen-bond acceptors (Lipinski definition) is 18. The van der Waals surface area contributed by atoms with Gasteiger partial charge in [-0.2, -0.15) is 0 Å².